The van der Waals surface area contributed by atoms with E-state index in [4.69, 9.17) is 0 Å². The van der Waals surface area contributed by atoms with Crippen molar-refractivity contribution in [2.45, 2.75) is 39.5 Å². The molecule has 19 heavy (non-hydrogen) atoms. The van der Waals surface area contributed by atoms with Crippen LogP contribution in [0.4, 0.5) is 4.39 Å². The summed E-state index contributed by atoms with van der Waals surface area (Å²) in [7, 11) is 0. The Morgan fingerprint density at radius 1 is 1.21 bits per heavy atom. The van der Waals surface area contributed by atoms with Crippen LogP contribution in [-0.2, 0) is 0 Å². The highest BCUT2D eigenvalue weighted by atomic mass is 79.9. The van der Waals surface area contributed by atoms with E-state index >= 15 is 0 Å². The highest BCUT2D eigenvalue weighted by Crippen LogP contribution is 2.18. The number of amides is 1. The fraction of sp³-hybridized carbons (Fsp3) is 0.533. The van der Waals surface area contributed by atoms with Crippen molar-refractivity contribution < 1.29 is 9.18 Å². The van der Waals surface area contributed by atoms with Gasteiger partial charge < -0.3 is 4.90 Å². The third-order valence-corrected chi connectivity index (χ3v) is 3.50. The molecule has 0 aliphatic rings. The summed E-state index contributed by atoms with van der Waals surface area (Å²) in [6.07, 6.45) is 3.95. The minimum atomic E-state index is -0.453. The second kappa shape index (κ2) is 8.31. The van der Waals surface area contributed by atoms with E-state index in [0.29, 0.717) is 13.1 Å². The van der Waals surface area contributed by atoms with Crippen LogP contribution in [0, 0.1) is 5.82 Å². The third kappa shape index (κ3) is 4.94. The van der Waals surface area contributed by atoms with Crippen molar-refractivity contribution in [2.24, 2.45) is 0 Å². The summed E-state index contributed by atoms with van der Waals surface area (Å²) in [6, 6.07) is 4.49. The number of rotatable bonds is 7. The predicted octanol–water partition coefficient (Wildman–Crippen LogP) is 4.63. The number of hydrogen-bond donors (Lipinski definition) is 0. The summed E-state index contributed by atoms with van der Waals surface area (Å²) in [4.78, 5) is 14.2. The molecule has 4 heteroatoms. The summed E-state index contributed by atoms with van der Waals surface area (Å²) in [5, 5.41) is 0. The van der Waals surface area contributed by atoms with Crippen molar-refractivity contribution in [3.05, 3.63) is 34.1 Å². The molecule has 0 aliphatic carbocycles. The fourth-order valence-corrected chi connectivity index (χ4v) is 2.21. The average Bonchev–Trinajstić information content (AvgIpc) is 2.41. The normalized spacial score (nSPS) is 10.5. The maximum absolute atomic E-state index is 13.8. The number of benzene rings is 1. The number of carbonyl (C=O) groups is 1. The number of carbonyl (C=O) groups excluding carboxylic acids is 1. The molecule has 1 amide bonds. The Labute approximate surface area is 123 Å². The molecule has 0 aromatic heterocycles. The highest BCUT2D eigenvalue weighted by Gasteiger charge is 2.18. The molecule has 0 heterocycles. The molecule has 0 N–H and O–H groups in total. The lowest BCUT2D eigenvalue weighted by molar-refractivity contribution is 0.0746. The first-order valence-electron chi connectivity index (χ1n) is 6.84. The molecule has 0 aliphatic heterocycles. The van der Waals surface area contributed by atoms with Crippen LogP contribution in [0.2, 0.25) is 0 Å². The van der Waals surface area contributed by atoms with Gasteiger partial charge in [0.15, 0.2) is 0 Å². The zero-order chi connectivity index (χ0) is 14.3. The lowest BCUT2D eigenvalue weighted by Crippen LogP contribution is -2.33. The monoisotopic (exact) mass is 329 g/mol. The quantitative estimate of drug-likeness (QED) is 0.714. The van der Waals surface area contributed by atoms with Crippen LogP contribution in [0.25, 0.3) is 0 Å². The van der Waals surface area contributed by atoms with Crippen molar-refractivity contribution in [1.82, 2.24) is 4.90 Å². The SMILES string of the molecule is CCCCN(CCCC)C(=O)c1cc(Br)ccc1F. The van der Waals surface area contributed by atoms with Gasteiger partial charge in [0.25, 0.3) is 5.91 Å². The van der Waals surface area contributed by atoms with Gasteiger partial charge in [-0.2, -0.15) is 0 Å². The topological polar surface area (TPSA) is 20.3 Å². The second-order valence-electron chi connectivity index (χ2n) is 4.62. The third-order valence-electron chi connectivity index (χ3n) is 3.01. The van der Waals surface area contributed by atoms with Gasteiger partial charge in [0.2, 0.25) is 0 Å². The average molecular weight is 330 g/mol. The van der Waals surface area contributed by atoms with E-state index in [1.807, 2.05) is 0 Å². The predicted molar refractivity (Wildman–Crippen MR) is 79.8 cm³/mol. The standard InChI is InChI=1S/C15H21BrFNO/c1-3-5-9-18(10-6-4-2)15(19)13-11-12(16)7-8-14(13)17/h7-8,11H,3-6,9-10H2,1-2H3. The molecule has 106 valence electrons. The van der Waals surface area contributed by atoms with E-state index < -0.39 is 5.82 Å². The molecule has 1 rings (SSSR count). The molecule has 1 aromatic rings. The highest BCUT2D eigenvalue weighted by molar-refractivity contribution is 9.10. The minimum Gasteiger partial charge on any atom is -0.339 e. The Morgan fingerprint density at radius 3 is 2.32 bits per heavy atom. The van der Waals surface area contributed by atoms with Crippen LogP contribution in [0.5, 0.6) is 0 Å². The number of unbranched alkanes of at least 4 members (excludes halogenated alkanes) is 2. The lowest BCUT2D eigenvalue weighted by Gasteiger charge is -2.22. The Kier molecular flexibility index (Phi) is 7.06. The second-order valence-corrected chi connectivity index (χ2v) is 5.54. The smallest absolute Gasteiger partial charge is 0.256 e. The first kappa shape index (κ1) is 16.2. The molecule has 0 fully saturated rings. The molecule has 0 spiro atoms. The zero-order valence-corrected chi connectivity index (χ0v) is 13.2. The first-order valence-corrected chi connectivity index (χ1v) is 7.63. The van der Waals surface area contributed by atoms with Gasteiger partial charge in [-0.3, -0.25) is 4.79 Å². The van der Waals surface area contributed by atoms with Gasteiger partial charge in [0.05, 0.1) is 5.56 Å². The largest absolute Gasteiger partial charge is 0.339 e. The van der Waals surface area contributed by atoms with Crippen molar-refractivity contribution in [2.75, 3.05) is 13.1 Å². The molecular weight excluding hydrogens is 309 g/mol. The summed E-state index contributed by atoms with van der Waals surface area (Å²) < 4.78 is 14.5. The Hall–Kier alpha value is -0.900. The maximum Gasteiger partial charge on any atom is 0.256 e. The fourth-order valence-electron chi connectivity index (χ4n) is 1.84. The number of halogens is 2. The Balaban J connectivity index is 2.87. The van der Waals surface area contributed by atoms with Crippen LogP contribution >= 0.6 is 15.9 Å². The Morgan fingerprint density at radius 2 is 1.79 bits per heavy atom. The van der Waals surface area contributed by atoms with E-state index in [1.54, 1.807) is 17.0 Å². The van der Waals surface area contributed by atoms with Crippen LogP contribution in [0.1, 0.15) is 49.9 Å². The van der Waals surface area contributed by atoms with Gasteiger partial charge in [0, 0.05) is 17.6 Å². The molecule has 1 aromatic carbocycles. The van der Waals surface area contributed by atoms with Gasteiger partial charge in [-0.1, -0.05) is 42.6 Å². The lowest BCUT2D eigenvalue weighted by atomic mass is 10.1. The zero-order valence-electron chi connectivity index (χ0n) is 11.6. The molecule has 0 atom stereocenters. The van der Waals surface area contributed by atoms with Crippen molar-refractivity contribution in [3.63, 3.8) is 0 Å². The van der Waals surface area contributed by atoms with Crippen LogP contribution in [0.15, 0.2) is 22.7 Å². The molecule has 0 unspecified atom stereocenters. The molecule has 0 saturated heterocycles. The van der Waals surface area contributed by atoms with E-state index in [1.165, 1.54) is 6.07 Å². The molecule has 2 nitrogen and oxygen atoms in total. The van der Waals surface area contributed by atoms with E-state index in [0.717, 1.165) is 30.2 Å². The number of hydrogen-bond acceptors (Lipinski definition) is 1. The summed E-state index contributed by atoms with van der Waals surface area (Å²) >= 11 is 3.28. The molecule has 0 radical (unpaired) electrons. The molecular formula is C15H21BrFNO. The van der Waals surface area contributed by atoms with E-state index in [9.17, 15) is 9.18 Å². The van der Waals surface area contributed by atoms with Gasteiger partial charge >= 0.3 is 0 Å². The number of nitrogens with zero attached hydrogens (tertiary/aromatic N) is 1. The Bertz CT molecular complexity index is 415. The van der Waals surface area contributed by atoms with Crippen molar-refractivity contribution >= 4 is 21.8 Å². The molecule has 0 bridgehead atoms. The minimum absolute atomic E-state index is 0.154. The van der Waals surface area contributed by atoms with Crippen LogP contribution in [-0.4, -0.2) is 23.9 Å². The summed E-state index contributed by atoms with van der Waals surface area (Å²) in [5.74, 6) is -0.660. The van der Waals surface area contributed by atoms with Crippen molar-refractivity contribution in [3.8, 4) is 0 Å². The van der Waals surface area contributed by atoms with Crippen LogP contribution in [0.3, 0.4) is 0 Å². The van der Waals surface area contributed by atoms with E-state index in [-0.39, 0.29) is 11.5 Å². The summed E-state index contributed by atoms with van der Waals surface area (Å²) in [5.41, 5.74) is 0.154. The van der Waals surface area contributed by atoms with Crippen LogP contribution < -0.4 is 0 Å². The van der Waals surface area contributed by atoms with Gasteiger partial charge in [-0.05, 0) is 31.0 Å². The maximum atomic E-state index is 13.8. The molecule has 0 saturated carbocycles. The summed E-state index contributed by atoms with van der Waals surface area (Å²) in [6.45, 7) is 5.56. The van der Waals surface area contributed by atoms with Gasteiger partial charge in [0.1, 0.15) is 5.82 Å². The van der Waals surface area contributed by atoms with Crippen molar-refractivity contribution in [1.29, 1.82) is 0 Å². The first-order chi connectivity index (χ1) is 9.10. The van der Waals surface area contributed by atoms with Gasteiger partial charge in [-0.15, -0.1) is 0 Å². The van der Waals surface area contributed by atoms with E-state index in [2.05, 4.69) is 29.8 Å². The van der Waals surface area contributed by atoms with Gasteiger partial charge in [-0.25, -0.2) is 4.39 Å².